The number of amides is 2. The molecule has 3 rings (SSSR count). The van der Waals surface area contributed by atoms with Gasteiger partial charge in [-0.2, -0.15) is 0 Å². The Balaban J connectivity index is 1.88. The standard InChI is InChI=1S/C29H31Cl2FN2O2S/c1-20(2)16-33-29(36)27(15-21-7-4-3-5-8-21)34(17-24-25(30)9-6-10-26(24)31)28(35)19-37-18-22-11-13-23(32)14-12-22/h3-14,20,27H,15-19H2,1-2H3,(H,33,36)/t27-/m0/s1. The number of hydrogen-bond donors (Lipinski definition) is 1. The van der Waals surface area contributed by atoms with Gasteiger partial charge in [0.25, 0.3) is 0 Å². The molecule has 1 N–H and O–H groups in total. The maximum absolute atomic E-state index is 13.7. The monoisotopic (exact) mass is 560 g/mol. The molecule has 0 unspecified atom stereocenters. The SMILES string of the molecule is CC(C)CNC(=O)[C@H](Cc1ccccc1)N(Cc1c(Cl)cccc1Cl)C(=O)CSCc1ccc(F)cc1. The maximum Gasteiger partial charge on any atom is 0.243 e. The molecule has 0 saturated carbocycles. The van der Waals surface area contributed by atoms with E-state index < -0.39 is 6.04 Å². The van der Waals surface area contributed by atoms with E-state index in [1.807, 2.05) is 44.2 Å². The summed E-state index contributed by atoms with van der Waals surface area (Å²) < 4.78 is 13.2. The van der Waals surface area contributed by atoms with E-state index in [4.69, 9.17) is 23.2 Å². The zero-order valence-corrected chi connectivity index (χ0v) is 23.3. The highest BCUT2D eigenvalue weighted by atomic mass is 35.5. The number of hydrogen-bond acceptors (Lipinski definition) is 3. The summed E-state index contributed by atoms with van der Waals surface area (Å²) in [5, 5.41) is 3.87. The number of halogens is 3. The molecule has 0 aromatic heterocycles. The predicted octanol–water partition coefficient (Wildman–Crippen LogP) is 6.78. The second kappa shape index (κ2) is 14.4. The fourth-order valence-electron chi connectivity index (χ4n) is 3.75. The number of benzene rings is 3. The molecule has 0 heterocycles. The molecule has 0 aliphatic rings. The van der Waals surface area contributed by atoms with Crippen molar-refractivity contribution in [2.45, 2.75) is 38.6 Å². The Morgan fingerprint density at radius 3 is 2.19 bits per heavy atom. The smallest absolute Gasteiger partial charge is 0.243 e. The maximum atomic E-state index is 13.7. The van der Waals surface area contributed by atoms with Crippen molar-refractivity contribution in [3.8, 4) is 0 Å². The van der Waals surface area contributed by atoms with E-state index in [-0.39, 0.29) is 35.8 Å². The van der Waals surface area contributed by atoms with Crippen LogP contribution in [-0.4, -0.2) is 35.1 Å². The van der Waals surface area contributed by atoms with Gasteiger partial charge in [0.2, 0.25) is 11.8 Å². The number of thioether (sulfide) groups is 1. The van der Waals surface area contributed by atoms with Crippen LogP contribution in [-0.2, 0) is 28.3 Å². The van der Waals surface area contributed by atoms with Crippen LogP contribution in [0.4, 0.5) is 4.39 Å². The van der Waals surface area contributed by atoms with Gasteiger partial charge in [-0.3, -0.25) is 9.59 Å². The second-order valence-corrected chi connectivity index (χ2v) is 11.0. The second-order valence-electron chi connectivity index (χ2n) is 9.19. The van der Waals surface area contributed by atoms with Crippen LogP contribution in [0.15, 0.2) is 72.8 Å². The topological polar surface area (TPSA) is 49.4 Å². The molecule has 0 saturated heterocycles. The molecule has 4 nitrogen and oxygen atoms in total. The molecule has 0 fully saturated rings. The predicted molar refractivity (Wildman–Crippen MR) is 151 cm³/mol. The van der Waals surface area contributed by atoms with Gasteiger partial charge < -0.3 is 10.2 Å². The molecular formula is C29H31Cl2FN2O2S. The lowest BCUT2D eigenvalue weighted by atomic mass is 10.0. The first kappa shape index (κ1) is 29.0. The first-order valence-corrected chi connectivity index (χ1v) is 14.0. The van der Waals surface area contributed by atoms with Gasteiger partial charge >= 0.3 is 0 Å². The van der Waals surface area contributed by atoms with Gasteiger partial charge in [-0.05, 0) is 41.3 Å². The largest absolute Gasteiger partial charge is 0.354 e. The van der Waals surface area contributed by atoms with Crippen molar-refractivity contribution in [3.63, 3.8) is 0 Å². The van der Waals surface area contributed by atoms with Crippen LogP contribution in [0.25, 0.3) is 0 Å². The van der Waals surface area contributed by atoms with Crippen LogP contribution in [0.2, 0.25) is 10.0 Å². The van der Waals surface area contributed by atoms with E-state index in [1.165, 1.54) is 23.9 Å². The summed E-state index contributed by atoms with van der Waals surface area (Å²) in [5.41, 5.74) is 2.45. The van der Waals surface area contributed by atoms with Gasteiger partial charge in [0, 0.05) is 40.9 Å². The molecule has 0 spiro atoms. The molecule has 8 heteroatoms. The Hall–Kier alpha value is -2.54. The Labute approximate surface area is 232 Å². The third-order valence-corrected chi connectivity index (χ3v) is 7.45. The Bertz CT molecular complexity index is 1160. The molecule has 1 atom stereocenters. The fourth-order valence-corrected chi connectivity index (χ4v) is 5.14. The van der Waals surface area contributed by atoms with Crippen LogP contribution in [0.5, 0.6) is 0 Å². The van der Waals surface area contributed by atoms with Crippen molar-refractivity contribution in [1.82, 2.24) is 10.2 Å². The summed E-state index contributed by atoms with van der Waals surface area (Å²) in [4.78, 5) is 28.7. The summed E-state index contributed by atoms with van der Waals surface area (Å²) >= 11 is 14.3. The summed E-state index contributed by atoms with van der Waals surface area (Å²) in [5.74, 6) is 0.206. The van der Waals surface area contributed by atoms with Crippen molar-refractivity contribution in [1.29, 1.82) is 0 Å². The molecule has 0 aliphatic carbocycles. The number of carbonyl (C=O) groups is 2. The van der Waals surface area contributed by atoms with Gasteiger partial charge in [-0.1, -0.05) is 85.6 Å². The third kappa shape index (κ3) is 9.06. The molecule has 0 bridgehead atoms. The molecule has 3 aromatic rings. The van der Waals surface area contributed by atoms with Crippen molar-refractivity contribution < 1.29 is 14.0 Å². The lowest BCUT2D eigenvalue weighted by Gasteiger charge is -2.32. The Morgan fingerprint density at radius 1 is 0.919 bits per heavy atom. The average molecular weight is 562 g/mol. The molecular weight excluding hydrogens is 530 g/mol. The lowest BCUT2D eigenvalue weighted by Crippen LogP contribution is -2.51. The summed E-state index contributed by atoms with van der Waals surface area (Å²) in [6.07, 6.45) is 0.348. The molecule has 2 amide bonds. The van der Waals surface area contributed by atoms with Crippen LogP contribution in [0.3, 0.4) is 0 Å². The normalized spacial score (nSPS) is 11.8. The highest BCUT2D eigenvalue weighted by Crippen LogP contribution is 2.28. The quantitative estimate of drug-likeness (QED) is 0.265. The van der Waals surface area contributed by atoms with Crippen LogP contribution in [0.1, 0.15) is 30.5 Å². The number of nitrogens with zero attached hydrogens (tertiary/aromatic N) is 1. The first-order chi connectivity index (χ1) is 17.7. The summed E-state index contributed by atoms with van der Waals surface area (Å²) in [6, 6.07) is 20.3. The summed E-state index contributed by atoms with van der Waals surface area (Å²) in [6.45, 7) is 4.63. The van der Waals surface area contributed by atoms with Crippen LogP contribution < -0.4 is 5.32 Å². The van der Waals surface area contributed by atoms with E-state index in [9.17, 15) is 14.0 Å². The van der Waals surface area contributed by atoms with Gasteiger partial charge in [-0.15, -0.1) is 11.8 Å². The van der Waals surface area contributed by atoms with Gasteiger partial charge in [-0.25, -0.2) is 4.39 Å². The Kier molecular flexibility index (Phi) is 11.3. The number of rotatable bonds is 12. The molecule has 0 radical (unpaired) electrons. The molecule has 3 aromatic carbocycles. The first-order valence-electron chi connectivity index (χ1n) is 12.1. The minimum Gasteiger partial charge on any atom is -0.354 e. The molecule has 0 aliphatic heterocycles. The van der Waals surface area contributed by atoms with Crippen molar-refractivity contribution in [3.05, 3.63) is 105 Å². The van der Waals surface area contributed by atoms with Crippen molar-refractivity contribution >= 4 is 46.8 Å². The summed E-state index contributed by atoms with van der Waals surface area (Å²) in [7, 11) is 0. The molecule has 37 heavy (non-hydrogen) atoms. The average Bonchev–Trinajstić information content (AvgIpc) is 2.88. The minimum atomic E-state index is -0.757. The highest BCUT2D eigenvalue weighted by molar-refractivity contribution is 7.99. The zero-order chi connectivity index (χ0) is 26.8. The zero-order valence-electron chi connectivity index (χ0n) is 20.9. The van der Waals surface area contributed by atoms with E-state index in [0.29, 0.717) is 34.3 Å². The lowest BCUT2D eigenvalue weighted by molar-refractivity contribution is -0.139. The fraction of sp³-hybridized carbons (Fsp3) is 0.310. The van der Waals surface area contributed by atoms with E-state index in [0.717, 1.165) is 11.1 Å². The number of nitrogens with one attached hydrogen (secondary N) is 1. The molecule has 196 valence electrons. The third-order valence-electron chi connectivity index (χ3n) is 5.75. The van der Waals surface area contributed by atoms with Gasteiger partial charge in [0.05, 0.1) is 5.75 Å². The van der Waals surface area contributed by atoms with Gasteiger partial charge in [0.15, 0.2) is 0 Å². The Morgan fingerprint density at radius 2 is 1.57 bits per heavy atom. The minimum absolute atomic E-state index is 0.0983. The van der Waals surface area contributed by atoms with Gasteiger partial charge in [0.1, 0.15) is 11.9 Å². The van der Waals surface area contributed by atoms with E-state index in [2.05, 4.69) is 5.32 Å². The van der Waals surface area contributed by atoms with Crippen LogP contribution >= 0.6 is 35.0 Å². The highest BCUT2D eigenvalue weighted by Gasteiger charge is 2.31. The van der Waals surface area contributed by atoms with E-state index >= 15 is 0 Å². The van der Waals surface area contributed by atoms with Crippen molar-refractivity contribution in [2.24, 2.45) is 5.92 Å². The van der Waals surface area contributed by atoms with Crippen molar-refractivity contribution in [2.75, 3.05) is 12.3 Å². The van der Waals surface area contributed by atoms with E-state index in [1.54, 1.807) is 35.2 Å². The van der Waals surface area contributed by atoms with Crippen LogP contribution in [0, 0.1) is 11.7 Å². The number of carbonyl (C=O) groups excluding carboxylic acids is 2.